The lowest BCUT2D eigenvalue weighted by molar-refractivity contribution is -0.140. The zero-order valence-electron chi connectivity index (χ0n) is 18.0. The van der Waals surface area contributed by atoms with Crippen LogP contribution in [-0.2, 0) is 14.3 Å². The minimum atomic E-state index is -0.480. The number of hydrogen-bond donors (Lipinski definition) is 2. The Morgan fingerprint density at radius 3 is 2.56 bits per heavy atom. The van der Waals surface area contributed by atoms with Crippen molar-refractivity contribution in [3.05, 3.63) is 76.0 Å². The number of anilines is 1. The highest BCUT2D eigenvalue weighted by molar-refractivity contribution is 7.80. The molecule has 2 aromatic carbocycles. The van der Waals surface area contributed by atoms with Crippen LogP contribution in [0.15, 0.2) is 59.8 Å². The van der Waals surface area contributed by atoms with Crippen molar-refractivity contribution in [3.63, 3.8) is 0 Å². The summed E-state index contributed by atoms with van der Waals surface area (Å²) < 4.78 is 10.3. The molecule has 1 aliphatic heterocycles. The molecule has 0 radical (unpaired) electrons. The molecule has 0 aliphatic carbocycles. The van der Waals surface area contributed by atoms with Crippen LogP contribution in [-0.4, -0.2) is 49.3 Å². The van der Waals surface area contributed by atoms with Crippen LogP contribution >= 0.6 is 23.8 Å². The van der Waals surface area contributed by atoms with Gasteiger partial charge in [0.25, 0.3) is 5.91 Å². The smallest absolute Gasteiger partial charge is 0.338 e. The third-order valence-electron chi connectivity index (χ3n) is 5.08. The largest absolute Gasteiger partial charge is 0.460 e. The zero-order valence-corrected chi connectivity index (χ0v) is 19.5. The van der Waals surface area contributed by atoms with Crippen LogP contribution in [0.3, 0.4) is 0 Å². The van der Waals surface area contributed by atoms with E-state index in [-0.39, 0.29) is 12.5 Å². The zero-order chi connectivity index (χ0) is 23.3. The number of carbonyl (C=O) groups excluding carboxylic acids is 2. The molecule has 1 aliphatic rings. The van der Waals surface area contributed by atoms with Crippen molar-refractivity contribution in [1.29, 1.82) is 0 Å². The molecule has 1 heterocycles. The molecular weight excluding hydrogens is 450 g/mol. The molecule has 3 rings (SSSR count). The fraction of sp³-hybridized carbons (Fsp3) is 0.261. The van der Waals surface area contributed by atoms with Gasteiger partial charge in [-0.25, -0.2) is 4.79 Å². The lowest BCUT2D eigenvalue weighted by atomic mass is 9.95. The molecule has 0 fully saturated rings. The molecule has 0 saturated carbocycles. The number of ether oxygens (including phenoxy) is 2. The third-order valence-corrected chi connectivity index (χ3v) is 5.71. The number of benzene rings is 2. The van der Waals surface area contributed by atoms with Crippen LogP contribution in [0.25, 0.3) is 0 Å². The quantitative estimate of drug-likeness (QED) is 0.358. The van der Waals surface area contributed by atoms with Gasteiger partial charge in [0.1, 0.15) is 6.61 Å². The van der Waals surface area contributed by atoms with E-state index >= 15 is 0 Å². The molecule has 2 N–H and O–H groups in total. The first-order valence-corrected chi connectivity index (χ1v) is 10.7. The molecule has 9 heteroatoms. The van der Waals surface area contributed by atoms with Gasteiger partial charge in [-0.3, -0.25) is 4.79 Å². The van der Waals surface area contributed by atoms with E-state index in [4.69, 9.17) is 33.3 Å². The summed E-state index contributed by atoms with van der Waals surface area (Å²) in [7, 11) is 3.33. The molecule has 0 saturated heterocycles. The van der Waals surface area contributed by atoms with Crippen molar-refractivity contribution in [1.82, 2.24) is 10.2 Å². The van der Waals surface area contributed by atoms with E-state index in [0.29, 0.717) is 39.3 Å². The summed E-state index contributed by atoms with van der Waals surface area (Å²) in [6.45, 7) is 2.29. The Kier molecular flexibility index (Phi) is 7.84. The highest BCUT2D eigenvalue weighted by Gasteiger charge is 2.33. The molecule has 168 valence electrons. The third kappa shape index (κ3) is 5.45. The van der Waals surface area contributed by atoms with Gasteiger partial charge in [-0.05, 0) is 55.0 Å². The van der Waals surface area contributed by atoms with Crippen molar-refractivity contribution in [2.24, 2.45) is 0 Å². The number of amides is 1. The summed E-state index contributed by atoms with van der Waals surface area (Å²) in [6.07, 6.45) is 0. The Labute approximate surface area is 197 Å². The Morgan fingerprint density at radius 1 is 1.19 bits per heavy atom. The van der Waals surface area contributed by atoms with E-state index in [1.165, 1.54) is 0 Å². The number of rotatable bonds is 7. The molecule has 0 spiro atoms. The predicted octanol–water partition coefficient (Wildman–Crippen LogP) is 3.92. The van der Waals surface area contributed by atoms with Gasteiger partial charge < -0.3 is 25.0 Å². The Balaban J connectivity index is 1.81. The van der Waals surface area contributed by atoms with Gasteiger partial charge in [-0.1, -0.05) is 29.8 Å². The average Bonchev–Trinajstić information content (AvgIpc) is 2.78. The van der Waals surface area contributed by atoms with Gasteiger partial charge in [0, 0.05) is 36.1 Å². The van der Waals surface area contributed by atoms with Crippen molar-refractivity contribution >= 4 is 46.5 Å². The number of allylic oxidation sites excluding steroid dienone is 1. The number of carbonyl (C=O) groups is 2. The minimum Gasteiger partial charge on any atom is -0.460 e. The van der Waals surface area contributed by atoms with Crippen LogP contribution in [0, 0.1) is 0 Å². The summed E-state index contributed by atoms with van der Waals surface area (Å²) in [5, 5.41) is 7.02. The first-order valence-electron chi connectivity index (χ1n) is 9.89. The van der Waals surface area contributed by atoms with E-state index in [0.717, 1.165) is 5.56 Å². The topological polar surface area (TPSA) is 79.9 Å². The number of thiocarbonyl (C=S) groups is 1. The molecule has 7 nitrogen and oxygen atoms in total. The van der Waals surface area contributed by atoms with Gasteiger partial charge in [0.2, 0.25) is 0 Å². The number of hydrogen-bond acceptors (Lipinski definition) is 5. The molecule has 1 atom stereocenters. The van der Waals surface area contributed by atoms with Crippen molar-refractivity contribution in [3.8, 4) is 0 Å². The molecule has 1 unspecified atom stereocenters. The minimum absolute atomic E-state index is 0.154. The standard InChI is InChI=1S/C23H24ClN3O4S/c1-14-19(22(29)31-12-11-30-3)20(26-23(32)27(14)2)15-7-9-18(10-8-15)25-21(28)16-5-4-6-17(24)13-16/h4-10,13,20H,11-12H2,1-3H3,(H,25,28)(H,26,32). The van der Waals surface area contributed by atoms with Crippen LogP contribution in [0.1, 0.15) is 28.9 Å². The normalized spacial score (nSPS) is 15.9. The van der Waals surface area contributed by atoms with E-state index in [9.17, 15) is 9.59 Å². The van der Waals surface area contributed by atoms with E-state index in [2.05, 4.69) is 10.6 Å². The molecule has 32 heavy (non-hydrogen) atoms. The Bertz CT molecular complexity index is 1060. The summed E-state index contributed by atoms with van der Waals surface area (Å²) in [4.78, 5) is 27.0. The van der Waals surface area contributed by atoms with E-state index < -0.39 is 12.0 Å². The van der Waals surface area contributed by atoms with Crippen LogP contribution in [0.4, 0.5) is 5.69 Å². The second kappa shape index (κ2) is 10.6. The fourth-order valence-corrected chi connectivity index (χ4v) is 3.68. The summed E-state index contributed by atoms with van der Waals surface area (Å²) >= 11 is 11.4. The molecule has 0 bridgehead atoms. The van der Waals surface area contributed by atoms with Crippen molar-refractivity contribution in [2.75, 3.05) is 32.7 Å². The first kappa shape index (κ1) is 23.7. The Morgan fingerprint density at radius 2 is 1.91 bits per heavy atom. The predicted molar refractivity (Wildman–Crippen MR) is 128 cm³/mol. The maximum Gasteiger partial charge on any atom is 0.338 e. The fourth-order valence-electron chi connectivity index (χ4n) is 3.24. The number of nitrogens with one attached hydrogen (secondary N) is 2. The van der Waals surface area contributed by atoms with Gasteiger partial charge in [0.15, 0.2) is 5.11 Å². The lowest BCUT2D eigenvalue weighted by Gasteiger charge is -2.35. The van der Waals surface area contributed by atoms with Crippen LogP contribution in [0.5, 0.6) is 0 Å². The van der Waals surface area contributed by atoms with Gasteiger partial charge in [0.05, 0.1) is 18.2 Å². The average molecular weight is 474 g/mol. The van der Waals surface area contributed by atoms with Gasteiger partial charge in [-0.15, -0.1) is 0 Å². The Hall–Kier alpha value is -2.94. The monoisotopic (exact) mass is 473 g/mol. The first-order chi connectivity index (χ1) is 15.3. The highest BCUT2D eigenvalue weighted by atomic mass is 35.5. The second-order valence-electron chi connectivity index (χ2n) is 7.16. The van der Waals surface area contributed by atoms with Gasteiger partial charge >= 0.3 is 5.97 Å². The number of esters is 1. The SMILES string of the molecule is COCCOC(=O)C1=C(C)N(C)C(=S)NC1c1ccc(NC(=O)c2cccc(Cl)c2)cc1. The van der Waals surface area contributed by atoms with E-state index in [1.807, 2.05) is 19.1 Å². The number of nitrogens with zero attached hydrogens (tertiary/aromatic N) is 1. The van der Waals surface area contributed by atoms with Crippen LogP contribution in [0.2, 0.25) is 5.02 Å². The summed E-state index contributed by atoms with van der Waals surface area (Å²) in [5.41, 5.74) is 3.05. The number of halogens is 1. The van der Waals surface area contributed by atoms with Gasteiger partial charge in [-0.2, -0.15) is 0 Å². The molecule has 0 aromatic heterocycles. The van der Waals surface area contributed by atoms with Crippen LogP contribution < -0.4 is 10.6 Å². The molecule has 1 amide bonds. The summed E-state index contributed by atoms with van der Waals surface area (Å²) in [6, 6.07) is 13.4. The maximum absolute atomic E-state index is 12.8. The maximum atomic E-state index is 12.8. The van der Waals surface area contributed by atoms with Crippen molar-refractivity contribution in [2.45, 2.75) is 13.0 Å². The van der Waals surface area contributed by atoms with Crippen molar-refractivity contribution < 1.29 is 19.1 Å². The molecular formula is C23H24ClN3O4S. The lowest BCUT2D eigenvalue weighted by Crippen LogP contribution is -2.46. The number of methoxy groups -OCH3 is 1. The summed E-state index contributed by atoms with van der Waals surface area (Å²) in [5.74, 6) is -0.707. The highest BCUT2D eigenvalue weighted by Crippen LogP contribution is 2.31. The van der Waals surface area contributed by atoms with E-state index in [1.54, 1.807) is 55.5 Å². The second-order valence-corrected chi connectivity index (χ2v) is 7.98. The molecule has 2 aromatic rings.